The molecule has 0 saturated carbocycles. The van der Waals surface area contributed by atoms with Crippen molar-refractivity contribution in [3.63, 3.8) is 0 Å². The maximum atomic E-state index is 13.0. The molecule has 1 aliphatic carbocycles. The van der Waals surface area contributed by atoms with E-state index >= 15 is 0 Å². The highest BCUT2D eigenvalue weighted by Gasteiger charge is 2.27. The fourth-order valence-electron chi connectivity index (χ4n) is 3.58. The molecule has 1 amide bonds. The van der Waals surface area contributed by atoms with E-state index < -0.39 is 0 Å². The number of hydrogen-bond donors (Lipinski definition) is 0. The Morgan fingerprint density at radius 2 is 1.68 bits per heavy atom. The fraction of sp³-hybridized carbons (Fsp3) is 0.130. The van der Waals surface area contributed by atoms with Gasteiger partial charge in [0, 0.05) is 40.3 Å². The maximum absolute atomic E-state index is 13.0. The minimum Gasteiger partial charge on any atom is -0.496 e. The SMILES string of the molecule is COc1ccc(Br)cc1CN(C)C(=O)c1ccc2c(c1)C(=O)c1ccccc1-2. The number of methoxy groups -OCH3 is 1. The molecule has 5 heteroatoms. The van der Waals surface area contributed by atoms with Gasteiger partial charge in [-0.2, -0.15) is 0 Å². The third-order valence-corrected chi connectivity index (χ3v) is 5.46. The Hall–Kier alpha value is -2.92. The van der Waals surface area contributed by atoms with E-state index in [0.717, 1.165) is 26.9 Å². The molecule has 0 aliphatic heterocycles. The van der Waals surface area contributed by atoms with Crippen LogP contribution in [-0.2, 0) is 6.54 Å². The summed E-state index contributed by atoms with van der Waals surface area (Å²) in [5.74, 6) is 0.549. The molecule has 0 radical (unpaired) electrons. The zero-order chi connectivity index (χ0) is 19.8. The second kappa shape index (κ2) is 7.24. The molecule has 4 rings (SSSR count). The first-order valence-corrected chi connectivity index (χ1v) is 9.65. The summed E-state index contributed by atoms with van der Waals surface area (Å²) in [6, 6.07) is 18.6. The first kappa shape index (κ1) is 18.4. The van der Waals surface area contributed by atoms with E-state index in [4.69, 9.17) is 4.74 Å². The predicted octanol–water partition coefficient (Wildman–Crippen LogP) is 4.94. The third-order valence-electron chi connectivity index (χ3n) is 4.97. The Kier molecular flexibility index (Phi) is 4.77. The van der Waals surface area contributed by atoms with Crippen LogP contribution < -0.4 is 4.74 Å². The molecule has 0 fully saturated rings. The molecule has 4 nitrogen and oxygen atoms in total. The molecule has 0 N–H and O–H groups in total. The Bertz CT molecular complexity index is 1110. The molecular formula is C23H18BrNO3. The van der Waals surface area contributed by atoms with Gasteiger partial charge in [-0.05, 0) is 41.5 Å². The Morgan fingerprint density at radius 1 is 0.964 bits per heavy atom. The van der Waals surface area contributed by atoms with Crippen LogP contribution in [0.25, 0.3) is 11.1 Å². The Morgan fingerprint density at radius 3 is 2.43 bits per heavy atom. The largest absolute Gasteiger partial charge is 0.496 e. The van der Waals surface area contributed by atoms with Crippen molar-refractivity contribution in [1.29, 1.82) is 0 Å². The smallest absolute Gasteiger partial charge is 0.253 e. The zero-order valence-electron chi connectivity index (χ0n) is 15.5. The molecule has 0 heterocycles. The van der Waals surface area contributed by atoms with Crippen molar-refractivity contribution in [2.24, 2.45) is 0 Å². The lowest BCUT2D eigenvalue weighted by Crippen LogP contribution is -2.26. The predicted molar refractivity (Wildman–Crippen MR) is 112 cm³/mol. The molecule has 0 aromatic heterocycles. The Labute approximate surface area is 171 Å². The number of carbonyl (C=O) groups is 2. The van der Waals surface area contributed by atoms with Crippen LogP contribution in [-0.4, -0.2) is 30.7 Å². The molecule has 0 atom stereocenters. The van der Waals surface area contributed by atoms with Crippen molar-refractivity contribution in [2.45, 2.75) is 6.54 Å². The summed E-state index contributed by atoms with van der Waals surface area (Å²) in [5, 5.41) is 0. The highest BCUT2D eigenvalue weighted by molar-refractivity contribution is 9.10. The molecule has 0 unspecified atom stereocenters. The topological polar surface area (TPSA) is 46.6 Å². The lowest BCUT2D eigenvalue weighted by atomic mass is 10.0. The van der Waals surface area contributed by atoms with Crippen molar-refractivity contribution < 1.29 is 14.3 Å². The van der Waals surface area contributed by atoms with Crippen LogP contribution in [0.4, 0.5) is 0 Å². The molecule has 3 aromatic carbocycles. The van der Waals surface area contributed by atoms with Crippen LogP contribution in [0.5, 0.6) is 5.75 Å². The first-order chi connectivity index (χ1) is 13.5. The van der Waals surface area contributed by atoms with Crippen LogP contribution in [0.1, 0.15) is 31.8 Å². The van der Waals surface area contributed by atoms with Crippen LogP contribution in [0.15, 0.2) is 65.1 Å². The number of ketones is 1. The summed E-state index contributed by atoms with van der Waals surface area (Å²) >= 11 is 3.46. The van der Waals surface area contributed by atoms with E-state index in [2.05, 4.69) is 15.9 Å². The summed E-state index contributed by atoms with van der Waals surface area (Å²) in [7, 11) is 3.35. The van der Waals surface area contributed by atoms with Crippen molar-refractivity contribution in [3.8, 4) is 16.9 Å². The van der Waals surface area contributed by atoms with Crippen molar-refractivity contribution in [3.05, 3.63) is 87.4 Å². The van der Waals surface area contributed by atoms with Gasteiger partial charge in [-0.25, -0.2) is 0 Å². The lowest BCUT2D eigenvalue weighted by molar-refractivity contribution is 0.0784. The van der Waals surface area contributed by atoms with E-state index in [0.29, 0.717) is 23.2 Å². The molecule has 1 aliphatic rings. The number of nitrogens with zero attached hydrogens (tertiary/aromatic N) is 1. The van der Waals surface area contributed by atoms with Gasteiger partial charge >= 0.3 is 0 Å². The number of hydrogen-bond acceptors (Lipinski definition) is 3. The van der Waals surface area contributed by atoms with E-state index in [1.165, 1.54) is 0 Å². The van der Waals surface area contributed by atoms with Crippen LogP contribution in [0.3, 0.4) is 0 Å². The first-order valence-electron chi connectivity index (χ1n) is 8.85. The molecule has 3 aromatic rings. The monoisotopic (exact) mass is 435 g/mol. The highest BCUT2D eigenvalue weighted by atomic mass is 79.9. The van der Waals surface area contributed by atoms with E-state index in [-0.39, 0.29) is 11.7 Å². The van der Waals surface area contributed by atoms with Gasteiger partial charge in [-0.1, -0.05) is 46.3 Å². The standard InChI is InChI=1S/C23H18BrNO3/c1-25(13-15-11-16(24)8-10-21(15)28-2)23(27)14-7-9-18-17-5-3-4-6-19(17)22(26)20(18)12-14/h3-12H,13H2,1-2H3. The quantitative estimate of drug-likeness (QED) is 0.455. The van der Waals surface area contributed by atoms with Gasteiger partial charge in [0.15, 0.2) is 5.78 Å². The number of benzene rings is 3. The van der Waals surface area contributed by atoms with Gasteiger partial charge in [0.1, 0.15) is 5.75 Å². The number of rotatable bonds is 4. The average Bonchev–Trinajstić information content (AvgIpc) is 3.00. The fourth-order valence-corrected chi connectivity index (χ4v) is 3.99. The van der Waals surface area contributed by atoms with E-state index in [9.17, 15) is 9.59 Å². The number of fused-ring (bicyclic) bond motifs is 3. The van der Waals surface area contributed by atoms with Gasteiger partial charge in [-0.3, -0.25) is 9.59 Å². The molecule has 0 bridgehead atoms. The zero-order valence-corrected chi connectivity index (χ0v) is 17.1. The van der Waals surface area contributed by atoms with Crippen molar-refractivity contribution in [2.75, 3.05) is 14.2 Å². The average molecular weight is 436 g/mol. The molecular weight excluding hydrogens is 418 g/mol. The summed E-state index contributed by atoms with van der Waals surface area (Å²) < 4.78 is 6.31. The molecule has 0 saturated heterocycles. The minimum absolute atomic E-state index is 0.0310. The van der Waals surface area contributed by atoms with Crippen LogP contribution in [0, 0.1) is 0 Å². The van der Waals surface area contributed by atoms with Gasteiger partial charge in [0.05, 0.1) is 7.11 Å². The minimum atomic E-state index is -0.145. The number of halogens is 1. The van der Waals surface area contributed by atoms with Gasteiger partial charge < -0.3 is 9.64 Å². The summed E-state index contributed by atoms with van der Waals surface area (Å²) in [5.41, 5.74) is 4.48. The van der Waals surface area contributed by atoms with Crippen molar-refractivity contribution in [1.82, 2.24) is 4.90 Å². The van der Waals surface area contributed by atoms with Gasteiger partial charge in [0.2, 0.25) is 0 Å². The third kappa shape index (κ3) is 3.12. The normalized spacial score (nSPS) is 11.8. The van der Waals surface area contributed by atoms with Gasteiger partial charge in [-0.15, -0.1) is 0 Å². The Balaban J connectivity index is 1.61. The number of ether oxygens (including phenoxy) is 1. The number of amides is 1. The van der Waals surface area contributed by atoms with Crippen molar-refractivity contribution >= 4 is 27.6 Å². The summed E-state index contributed by atoms with van der Waals surface area (Å²) in [4.78, 5) is 27.3. The van der Waals surface area contributed by atoms with Gasteiger partial charge in [0.25, 0.3) is 5.91 Å². The summed E-state index contributed by atoms with van der Waals surface area (Å²) in [6.07, 6.45) is 0. The van der Waals surface area contributed by atoms with Crippen LogP contribution >= 0.6 is 15.9 Å². The lowest BCUT2D eigenvalue weighted by Gasteiger charge is -2.19. The molecule has 0 spiro atoms. The number of carbonyl (C=O) groups excluding carboxylic acids is 2. The second-order valence-corrected chi connectivity index (χ2v) is 7.67. The van der Waals surface area contributed by atoms with Crippen LogP contribution in [0.2, 0.25) is 0 Å². The highest BCUT2D eigenvalue weighted by Crippen LogP contribution is 2.37. The molecule has 28 heavy (non-hydrogen) atoms. The maximum Gasteiger partial charge on any atom is 0.253 e. The second-order valence-electron chi connectivity index (χ2n) is 6.75. The molecule has 140 valence electrons. The van der Waals surface area contributed by atoms with E-state index in [1.807, 2.05) is 48.5 Å². The van der Waals surface area contributed by atoms with E-state index in [1.54, 1.807) is 31.2 Å². The summed E-state index contributed by atoms with van der Waals surface area (Å²) in [6.45, 7) is 0.396.